The SMILES string of the molecule is O=C(CCC1CCS(=O)(=O)C1)Nc1ccc(C(=O)C2CC2)cc1. The zero-order chi connectivity index (χ0) is 16.4. The van der Waals surface area contributed by atoms with Crippen molar-refractivity contribution in [2.24, 2.45) is 11.8 Å². The van der Waals surface area contributed by atoms with Crippen LogP contribution in [0.3, 0.4) is 0 Å². The number of carbonyl (C=O) groups is 2. The van der Waals surface area contributed by atoms with Crippen LogP contribution in [-0.4, -0.2) is 31.6 Å². The van der Waals surface area contributed by atoms with Gasteiger partial charge in [0.15, 0.2) is 15.6 Å². The van der Waals surface area contributed by atoms with Crippen molar-refractivity contribution >= 4 is 27.2 Å². The van der Waals surface area contributed by atoms with Gasteiger partial charge in [-0.05, 0) is 55.9 Å². The Kier molecular flexibility index (Phi) is 4.53. The van der Waals surface area contributed by atoms with Crippen LogP contribution in [0.1, 0.15) is 42.5 Å². The van der Waals surface area contributed by atoms with Crippen LogP contribution in [-0.2, 0) is 14.6 Å². The molecule has 6 heteroatoms. The fourth-order valence-corrected chi connectivity index (χ4v) is 4.87. The van der Waals surface area contributed by atoms with E-state index >= 15 is 0 Å². The predicted molar refractivity (Wildman–Crippen MR) is 88.1 cm³/mol. The number of carbonyl (C=O) groups excluding carboxylic acids is 2. The molecule has 0 spiro atoms. The second kappa shape index (κ2) is 6.43. The third kappa shape index (κ3) is 4.41. The van der Waals surface area contributed by atoms with Gasteiger partial charge in [0.05, 0.1) is 11.5 Å². The second-order valence-corrected chi connectivity index (χ2v) is 8.80. The molecule has 0 radical (unpaired) electrons. The predicted octanol–water partition coefficient (Wildman–Crippen LogP) is 2.43. The lowest BCUT2D eigenvalue weighted by atomic mass is 10.0. The molecule has 1 aliphatic heterocycles. The van der Waals surface area contributed by atoms with Gasteiger partial charge < -0.3 is 5.32 Å². The molecule has 1 unspecified atom stereocenters. The molecule has 5 nitrogen and oxygen atoms in total. The average Bonchev–Trinajstić information content (AvgIpc) is 3.30. The first-order valence-corrected chi connectivity index (χ1v) is 9.90. The molecule has 1 aromatic carbocycles. The zero-order valence-corrected chi connectivity index (χ0v) is 13.8. The summed E-state index contributed by atoms with van der Waals surface area (Å²) in [5, 5.41) is 2.80. The van der Waals surface area contributed by atoms with Crippen molar-refractivity contribution in [1.82, 2.24) is 0 Å². The Morgan fingerprint density at radius 2 is 1.78 bits per heavy atom. The molecular weight excluding hydrogens is 314 g/mol. The third-order valence-corrected chi connectivity index (χ3v) is 6.34. The number of benzene rings is 1. The largest absolute Gasteiger partial charge is 0.326 e. The van der Waals surface area contributed by atoms with E-state index in [1.54, 1.807) is 24.3 Å². The van der Waals surface area contributed by atoms with Crippen molar-refractivity contribution in [3.63, 3.8) is 0 Å². The van der Waals surface area contributed by atoms with Crippen molar-refractivity contribution in [2.75, 3.05) is 16.8 Å². The highest BCUT2D eigenvalue weighted by Crippen LogP contribution is 2.32. The van der Waals surface area contributed by atoms with Gasteiger partial charge in [-0.2, -0.15) is 0 Å². The Morgan fingerprint density at radius 1 is 1.09 bits per heavy atom. The smallest absolute Gasteiger partial charge is 0.224 e. The average molecular weight is 335 g/mol. The summed E-state index contributed by atoms with van der Waals surface area (Å²) in [6.07, 6.45) is 3.54. The van der Waals surface area contributed by atoms with Crippen LogP contribution in [0.15, 0.2) is 24.3 Å². The summed E-state index contributed by atoms with van der Waals surface area (Å²) in [7, 11) is -2.88. The van der Waals surface area contributed by atoms with Crippen molar-refractivity contribution in [1.29, 1.82) is 0 Å². The standard InChI is InChI=1S/C17H21NO4S/c19-16(8-1-12-9-10-23(21,22)11-12)18-15-6-4-14(5-7-15)17(20)13-2-3-13/h4-7,12-13H,1-3,8-11H2,(H,18,19). The summed E-state index contributed by atoms with van der Waals surface area (Å²) in [6.45, 7) is 0. The Hall–Kier alpha value is -1.69. The molecule has 1 atom stereocenters. The van der Waals surface area contributed by atoms with Gasteiger partial charge >= 0.3 is 0 Å². The van der Waals surface area contributed by atoms with Crippen molar-refractivity contribution in [3.05, 3.63) is 29.8 Å². The van der Waals surface area contributed by atoms with Gasteiger partial charge in [0.25, 0.3) is 0 Å². The Bertz CT molecular complexity index is 705. The molecule has 2 fully saturated rings. The van der Waals surface area contributed by atoms with Gasteiger partial charge in [0.2, 0.25) is 5.91 Å². The monoisotopic (exact) mass is 335 g/mol. The molecule has 124 valence electrons. The van der Waals surface area contributed by atoms with E-state index in [0.717, 1.165) is 12.8 Å². The van der Waals surface area contributed by atoms with Crippen LogP contribution >= 0.6 is 0 Å². The first-order chi connectivity index (χ1) is 10.9. The minimum Gasteiger partial charge on any atom is -0.326 e. The number of ketones is 1. The summed E-state index contributed by atoms with van der Waals surface area (Å²) in [4.78, 5) is 23.8. The maximum Gasteiger partial charge on any atom is 0.224 e. The molecule has 1 saturated heterocycles. The quantitative estimate of drug-likeness (QED) is 0.810. The Balaban J connectivity index is 1.47. The van der Waals surface area contributed by atoms with E-state index in [1.807, 2.05) is 0 Å². The van der Waals surface area contributed by atoms with Gasteiger partial charge in [-0.1, -0.05) is 0 Å². The van der Waals surface area contributed by atoms with E-state index in [-0.39, 0.29) is 35.0 Å². The molecule has 3 rings (SSSR count). The molecule has 1 aromatic rings. The molecule has 23 heavy (non-hydrogen) atoms. The minimum atomic E-state index is -2.88. The number of hydrogen-bond acceptors (Lipinski definition) is 4. The van der Waals surface area contributed by atoms with Crippen LogP contribution in [0.2, 0.25) is 0 Å². The highest BCUT2D eigenvalue weighted by atomic mass is 32.2. The Morgan fingerprint density at radius 3 is 2.35 bits per heavy atom. The van der Waals surface area contributed by atoms with Crippen molar-refractivity contribution in [2.45, 2.75) is 32.1 Å². The minimum absolute atomic E-state index is 0.101. The molecule has 0 aromatic heterocycles. The van der Waals surface area contributed by atoms with E-state index in [4.69, 9.17) is 0 Å². The molecule has 1 amide bonds. The molecule has 1 saturated carbocycles. The fourth-order valence-electron chi connectivity index (χ4n) is 2.96. The van der Waals surface area contributed by atoms with Crippen LogP contribution in [0.5, 0.6) is 0 Å². The number of hydrogen-bond donors (Lipinski definition) is 1. The van der Waals surface area contributed by atoms with Crippen LogP contribution in [0.4, 0.5) is 5.69 Å². The number of anilines is 1. The van der Waals surface area contributed by atoms with Crippen molar-refractivity contribution < 1.29 is 18.0 Å². The molecule has 0 bridgehead atoms. The van der Waals surface area contributed by atoms with Gasteiger partial charge in [-0.3, -0.25) is 9.59 Å². The van der Waals surface area contributed by atoms with Crippen LogP contribution in [0, 0.1) is 11.8 Å². The highest BCUT2D eigenvalue weighted by Gasteiger charge is 2.30. The van der Waals surface area contributed by atoms with E-state index < -0.39 is 9.84 Å². The number of rotatable bonds is 6. The Labute approximate surface area is 136 Å². The number of nitrogens with one attached hydrogen (secondary N) is 1. The van der Waals surface area contributed by atoms with Gasteiger partial charge in [0, 0.05) is 23.6 Å². The first-order valence-electron chi connectivity index (χ1n) is 8.07. The van der Waals surface area contributed by atoms with Gasteiger partial charge in [-0.25, -0.2) is 8.42 Å². The number of amides is 1. The van der Waals surface area contributed by atoms with E-state index in [9.17, 15) is 18.0 Å². The lowest BCUT2D eigenvalue weighted by Crippen LogP contribution is -2.14. The van der Waals surface area contributed by atoms with E-state index in [1.165, 1.54) is 0 Å². The normalized spacial score (nSPS) is 22.7. The van der Waals surface area contributed by atoms with Gasteiger partial charge in [-0.15, -0.1) is 0 Å². The molecular formula is C17H21NO4S. The van der Waals surface area contributed by atoms with Crippen LogP contribution in [0.25, 0.3) is 0 Å². The molecule has 2 aliphatic rings. The third-order valence-electron chi connectivity index (χ3n) is 4.51. The summed E-state index contributed by atoms with van der Waals surface area (Å²) < 4.78 is 22.8. The fraction of sp³-hybridized carbons (Fsp3) is 0.529. The van der Waals surface area contributed by atoms with E-state index in [2.05, 4.69) is 5.32 Å². The molecule has 1 aliphatic carbocycles. The number of sulfone groups is 1. The van der Waals surface area contributed by atoms with Gasteiger partial charge in [0.1, 0.15) is 0 Å². The lowest BCUT2D eigenvalue weighted by molar-refractivity contribution is -0.116. The molecule has 1 N–H and O–H groups in total. The van der Waals surface area contributed by atoms with Crippen LogP contribution < -0.4 is 5.32 Å². The maximum atomic E-state index is 11.9. The van der Waals surface area contributed by atoms with E-state index in [0.29, 0.717) is 30.5 Å². The maximum absolute atomic E-state index is 11.9. The summed E-state index contributed by atoms with van der Waals surface area (Å²) in [5.41, 5.74) is 1.36. The summed E-state index contributed by atoms with van der Waals surface area (Å²) in [6, 6.07) is 6.99. The topological polar surface area (TPSA) is 80.3 Å². The highest BCUT2D eigenvalue weighted by molar-refractivity contribution is 7.91. The zero-order valence-electron chi connectivity index (χ0n) is 13.0. The first kappa shape index (κ1) is 16.2. The van der Waals surface area contributed by atoms with Crippen molar-refractivity contribution in [3.8, 4) is 0 Å². The molecule has 1 heterocycles. The lowest BCUT2D eigenvalue weighted by Gasteiger charge is -2.09. The summed E-state index contributed by atoms with van der Waals surface area (Å²) in [5.74, 6) is 0.817. The number of Topliss-reactive ketones (excluding diaryl/α,β-unsaturated/α-hetero) is 1. The second-order valence-electron chi connectivity index (χ2n) is 6.57. The summed E-state index contributed by atoms with van der Waals surface area (Å²) >= 11 is 0.